The summed E-state index contributed by atoms with van der Waals surface area (Å²) < 4.78 is 46.4. The molecule has 2 aliphatic heterocycles. The highest BCUT2D eigenvalue weighted by atomic mass is 19.4. The molecule has 190 valence electrons. The summed E-state index contributed by atoms with van der Waals surface area (Å²) in [7, 11) is 0. The number of fused-ring (bicyclic) bond motifs is 1. The summed E-state index contributed by atoms with van der Waals surface area (Å²) in [4.78, 5) is 20.4. The van der Waals surface area contributed by atoms with E-state index in [2.05, 4.69) is 15.8 Å². The lowest BCUT2D eigenvalue weighted by Crippen LogP contribution is -2.39. The van der Waals surface area contributed by atoms with Crippen LogP contribution in [0.25, 0.3) is 10.9 Å². The minimum atomic E-state index is -4.41. The SMILES string of the molecule is O=c1cc(N2C=CON2)n(Cc2ccc(C(F)(F)F)cc2)c2cc(NCCN3CCOCC3)ccc12. The molecule has 11 heteroatoms. The summed E-state index contributed by atoms with van der Waals surface area (Å²) in [5.41, 5.74) is 3.95. The van der Waals surface area contributed by atoms with E-state index in [0.717, 1.165) is 57.2 Å². The van der Waals surface area contributed by atoms with Crippen molar-refractivity contribution >= 4 is 22.4 Å². The Hall–Kier alpha value is -3.54. The smallest absolute Gasteiger partial charge is 0.395 e. The van der Waals surface area contributed by atoms with Crippen molar-refractivity contribution in [2.45, 2.75) is 12.7 Å². The van der Waals surface area contributed by atoms with Gasteiger partial charge in [0.2, 0.25) is 0 Å². The van der Waals surface area contributed by atoms with Crippen molar-refractivity contribution in [2.75, 3.05) is 49.7 Å². The van der Waals surface area contributed by atoms with Crippen molar-refractivity contribution < 1.29 is 22.7 Å². The molecule has 3 aromatic rings. The lowest BCUT2D eigenvalue weighted by molar-refractivity contribution is -0.137. The van der Waals surface area contributed by atoms with Gasteiger partial charge >= 0.3 is 6.18 Å². The number of benzene rings is 2. The molecule has 2 aliphatic rings. The zero-order chi connectivity index (χ0) is 25.1. The number of aromatic nitrogens is 1. The first kappa shape index (κ1) is 24.2. The predicted octanol–water partition coefficient (Wildman–Crippen LogP) is 3.54. The van der Waals surface area contributed by atoms with Crippen molar-refractivity contribution in [3.8, 4) is 0 Å². The Morgan fingerprint density at radius 2 is 1.81 bits per heavy atom. The molecule has 5 rings (SSSR count). The zero-order valence-corrected chi connectivity index (χ0v) is 19.4. The topological polar surface area (TPSA) is 71.0 Å². The van der Waals surface area contributed by atoms with E-state index in [1.807, 2.05) is 16.7 Å². The third-order valence-electron chi connectivity index (χ3n) is 6.25. The summed E-state index contributed by atoms with van der Waals surface area (Å²) in [6.07, 6.45) is -1.35. The zero-order valence-electron chi connectivity index (χ0n) is 19.4. The Balaban J connectivity index is 1.47. The van der Waals surface area contributed by atoms with Crippen LogP contribution in [0.1, 0.15) is 11.1 Å². The molecule has 0 spiro atoms. The van der Waals surface area contributed by atoms with Crippen LogP contribution < -0.4 is 21.3 Å². The maximum atomic E-state index is 13.0. The first-order valence-corrected chi connectivity index (χ1v) is 11.6. The average molecular weight is 502 g/mol. The molecule has 0 saturated carbocycles. The summed E-state index contributed by atoms with van der Waals surface area (Å²) in [6, 6.07) is 12.0. The fraction of sp³-hybridized carbons (Fsp3) is 0.320. The maximum Gasteiger partial charge on any atom is 0.416 e. The second kappa shape index (κ2) is 10.2. The fourth-order valence-electron chi connectivity index (χ4n) is 4.33. The van der Waals surface area contributed by atoms with Crippen molar-refractivity contribution in [1.29, 1.82) is 0 Å². The number of hydrogen-bond donors (Lipinski definition) is 2. The quantitative estimate of drug-likeness (QED) is 0.513. The van der Waals surface area contributed by atoms with Gasteiger partial charge in [-0.25, -0.2) is 5.01 Å². The van der Waals surface area contributed by atoms with Gasteiger partial charge in [0.15, 0.2) is 5.43 Å². The molecule has 36 heavy (non-hydrogen) atoms. The van der Waals surface area contributed by atoms with Gasteiger partial charge in [-0.2, -0.15) is 13.2 Å². The number of rotatable bonds is 7. The number of pyridine rings is 1. The molecule has 0 atom stereocenters. The average Bonchev–Trinajstić information content (AvgIpc) is 3.41. The Bertz CT molecular complexity index is 1300. The molecule has 0 radical (unpaired) electrons. The molecule has 0 bridgehead atoms. The number of hydrazine groups is 1. The van der Waals surface area contributed by atoms with Gasteiger partial charge < -0.3 is 19.5 Å². The normalized spacial score (nSPS) is 16.5. The largest absolute Gasteiger partial charge is 0.416 e. The van der Waals surface area contributed by atoms with Crippen molar-refractivity contribution in [3.63, 3.8) is 0 Å². The van der Waals surface area contributed by atoms with Crippen molar-refractivity contribution in [3.05, 3.63) is 82.3 Å². The highest BCUT2D eigenvalue weighted by molar-refractivity contribution is 5.84. The first-order valence-electron chi connectivity index (χ1n) is 11.6. The van der Waals surface area contributed by atoms with Gasteiger partial charge in [-0.05, 0) is 35.9 Å². The molecule has 1 fully saturated rings. The lowest BCUT2D eigenvalue weighted by atomic mass is 10.1. The number of morpholine rings is 1. The number of hydrogen-bond acceptors (Lipinski definition) is 7. The summed E-state index contributed by atoms with van der Waals surface area (Å²) in [5, 5.41) is 5.47. The standard InChI is InChI=1S/C25H26F3N5O3/c26-25(27,28)19-3-1-18(2-4-19)17-32-22-15-20(29-7-8-31-9-12-35-13-10-31)5-6-21(22)23(34)16-24(32)33-11-14-36-30-33/h1-6,11,14-16,29-30H,7-10,12-13,17H2. The Kier molecular flexibility index (Phi) is 6.86. The van der Waals surface area contributed by atoms with Crippen LogP contribution in [-0.2, 0) is 22.3 Å². The van der Waals surface area contributed by atoms with Gasteiger partial charge in [0.05, 0.1) is 30.5 Å². The second-order valence-corrected chi connectivity index (χ2v) is 8.62. The Morgan fingerprint density at radius 1 is 1.03 bits per heavy atom. The van der Waals surface area contributed by atoms with E-state index in [0.29, 0.717) is 22.3 Å². The molecule has 2 aromatic carbocycles. The number of nitrogens with zero attached hydrogens (tertiary/aromatic N) is 3. The van der Waals surface area contributed by atoms with E-state index >= 15 is 0 Å². The fourth-order valence-corrected chi connectivity index (χ4v) is 4.33. The number of anilines is 2. The molecular weight excluding hydrogens is 475 g/mol. The third-order valence-corrected chi connectivity index (χ3v) is 6.25. The van der Waals surface area contributed by atoms with Crippen LogP contribution in [0.2, 0.25) is 0 Å². The van der Waals surface area contributed by atoms with Crippen molar-refractivity contribution in [1.82, 2.24) is 15.1 Å². The van der Waals surface area contributed by atoms with E-state index in [9.17, 15) is 18.0 Å². The minimum absolute atomic E-state index is 0.175. The molecule has 3 heterocycles. The number of halogens is 3. The summed E-state index contributed by atoms with van der Waals surface area (Å²) in [6.45, 7) is 5.09. The first-order chi connectivity index (χ1) is 17.4. The second-order valence-electron chi connectivity index (χ2n) is 8.62. The molecular formula is C25H26F3N5O3. The Labute approximate surface area is 205 Å². The molecule has 0 amide bonds. The highest BCUT2D eigenvalue weighted by Gasteiger charge is 2.30. The van der Waals surface area contributed by atoms with Gasteiger partial charge in [0, 0.05) is 49.9 Å². The molecule has 8 nitrogen and oxygen atoms in total. The van der Waals surface area contributed by atoms with E-state index in [-0.39, 0.29) is 12.0 Å². The third kappa shape index (κ3) is 5.32. The van der Waals surface area contributed by atoms with Gasteiger partial charge in [-0.15, -0.1) is 0 Å². The van der Waals surface area contributed by atoms with Crippen LogP contribution >= 0.6 is 0 Å². The monoisotopic (exact) mass is 501 g/mol. The lowest BCUT2D eigenvalue weighted by Gasteiger charge is -2.26. The van der Waals surface area contributed by atoms with E-state index < -0.39 is 11.7 Å². The van der Waals surface area contributed by atoms with E-state index in [1.54, 1.807) is 17.3 Å². The van der Waals surface area contributed by atoms with Gasteiger partial charge in [0.1, 0.15) is 12.1 Å². The van der Waals surface area contributed by atoms with Gasteiger partial charge in [-0.1, -0.05) is 17.7 Å². The molecule has 0 aliphatic carbocycles. The highest BCUT2D eigenvalue weighted by Crippen LogP contribution is 2.30. The maximum absolute atomic E-state index is 13.0. The molecule has 1 aromatic heterocycles. The number of alkyl halides is 3. The molecule has 1 saturated heterocycles. The van der Waals surface area contributed by atoms with Crippen LogP contribution in [-0.4, -0.2) is 48.9 Å². The number of ether oxygens (including phenoxy) is 1. The van der Waals surface area contributed by atoms with Crippen LogP contribution in [0.3, 0.4) is 0 Å². The van der Waals surface area contributed by atoms with Crippen molar-refractivity contribution in [2.24, 2.45) is 0 Å². The molecule has 0 unspecified atom stereocenters. The summed E-state index contributed by atoms with van der Waals surface area (Å²) >= 11 is 0. The van der Waals surface area contributed by atoms with Crippen LogP contribution in [0.5, 0.6) is 0 Å². The Morgan fingerprint density at radius 3 is 2.50 bits per heavy atom. The van der Waals surface area contributed by atoms with E-state index in [1.165, 1.54) is 24.5 Å². The molecule has 2 N–H and O–H groups in total. The minimum Gasteiger partial charge on any atom is -0.395 e. The van der Waals surface area contributed by atoms with Gasteiger partial charge in [-0.3, -0.25) is 9.69 Å². The summed E-state index contributed by atoms with van der Waals surface area (Å²) in [5.74, 6) is 0.492. The van der Waals surface area contributed by atoms with Gasteiger partial charge in [0.25, 0.3) is 0 Å². The number of nitrogens with one attached hydrogen (secondary N) is 2. The van der Waals surface area contributed by atoms with Crippen LogP contribution in [0.4, 0.5) is 24.7 Å². The van der Waals surface area contributed by atoms with Crippen LogP contribution in [0.15, 0.2) is 65.8 Å². The van der Waals surface area contributed by atoms with Crippen LogP contribution in [0, 0.1) is 0 Å². The van der Waals surface area contributed by atoms with E-state index in [4.69, 9.17) is 9.57 Å². The predicted molar refractivity (Wildman–Crippen MR) is 130 cm³/mol.